The molecule has 6 heteroatoms. The SMILES string of the molecule is CC/C=C\C/C=C\C/C=C\C/C=C\C/C=C\C/C=C\C/C=C\CCCCCCCC(=O)OCC(COC(=O)CCCCCCC/C=C\CCCCCCC)OC(=O)C/C=C\C/C=C\C/C=C\C/C=C\C/C=C\CC. The van der Waals surface area contributed by atoms with Crippen LogP contribution in [0, 0.1) is 0 Å². The minimum absolute atomic E-state index is 0.0834. The van der Waals surface area contributed by atoms with E-state index in [4.69, 9.17) is 14.2 Å². The minimum atomic E-state index is -0.852. The zero-order chi connectivity index (χ0) is 53.6. The smallest absolute Gasteiger partial charge is 0.310 e. The van der Waals surface area contributed by atoms with Gasteiger partial charge in [0, 0.05) is 12.8 Å². The summed E-state index contributed by atoms with van der Waals surface area (Å²) in [4.78, 5) is 38.1. The van der Waals surface area contributed by atoms with Gasteiger partial charge < -0.3 is 14.2 Å². The molecule has 0 aromatic rings. The number of allylic oxidation sites excluding steroid dienone is 25. The fraction of sp³-hybridized carbons (Fsp3) is 0.574. The van der Waals surface area contributed by atoms with Crippen LogP contribution in [0.2, 0.25) is 0 Å². The monoisotopic (exact) mass is 1020 g/mol. The predicted molar refractivity (Wildman–Crippen MR) is 320 cm³/mol. The molecular formula is C68H106O6. The first-order valence-electron chi connectivity index (χ1n) is 29.5. The van der Waals surface area contributed by atoms with Gasteiger partial charge in [-0.3, -0.25) is 14.4 Å². The summed E-state index contributed by atoms with van der Waals surface area (Å²) < 4.78 is 16.7. The molecule has 0 amide bonds. The summed E-state index contributed by atoms with van der Waals surface area (Å²) in [6, 6.07) is 0. The highest BCUT2D eigenvalue weighted by Crippen LogP contribution is 2.12. The molecule has 0 N–H and O–H groups in total. The molecule has 1 atom stereocenters. The van der Waals surface area contributed by atoms with Gasteiger partial charge in [-0.1, -0.05) is 243 Å². The summed E-state index contributed by atoms with van der Waals surface area (Å²) in [5.74, 6) is -1.10. The fourth-order valence-electron chi connectivity index (χ4n) is 7.43. The van der Waals surface area contributed by atoms with E-state index in [1.54, 1.807) is 6.08 Å². The van der Waals surface area contributed by atoms with Gasteiger partial charge >= 0.3 is 17.9 Å². The minimum Gasteiger partial charge on any atom is -0.462 e. The van der Waals surface area contributed by atoms with Crippen molar-refractivity contribution in [3.63, 3.8) is 0 Å². The van der Waals surface area contributed by atoms with Gasteiger partial charge in [0.05, 0.1) is 6.42 Å². The van der Waals surface area contributed by atoms with Gasteiger partial charge in [-0.05, 0) is 128 Å². The van der Waals surface area contributed by atoms with Crippen LogP contribution in [0.25, 0.3) is 0 Å². The van der Waals surface area contributed by atoms with Crippen LogP contribution in [-0.2, 0) is 28.6 Å². The lowest BCUT2D eigenvalue weighted by molar-refractivity contribution is -0.166. The Hall–Kier alpha value is -4.97. The standard InChI is InChI=1S/C68H106O6/c1-4-7-10-13-16-19-22-25-28-29-30-31-32-33-34-35-36-37-38-39-41-43-46-49-52-55-58-61-67(70)73-64-65(63-72-66(69)60-57-54-51-48-45-42-27-24-21-18-15-12-9-6-3)74-68(71)62-59-56-53-50-47-44-40-26-23-20-17-14-11-8-5-2/h7-8,10-11,16-17,19-20,24-28,30-31,33-34,36-37,39-41,47,50,56,59,65H,4-6,9,12-15,18,21-23,29,32,35,38,42-46,48-49,51-55,57-58,60-64H2,1-3H3/b10-7-,11-8-,19-16-,20-17-,27-24-,28-25-,31-30-,34-33-,37-36-,40-26-,41-39-,50-47-,59-56-. The zero-order valence-corrected chi connectivity index (χ0v) is 47.3. The Morgan fingerprint density at radius 2 is 0.568 bits per heavy atom. The van der Waals surface area contributed by atoms with Gasteiger partial charge in [-0.25, -0.2) is 0 Å². The van der Waals surface area contributed by atoms with E-state index >= 15 is 0 Å². The molecule has 0 spiro atoms. The summed E-state index contributed by atoms with van der Waals surface area (Å²) in [6.07, 6.45) is 88.3. The normalized spacial score (nSPS) is 13.3. The van der Waals surface area contributed by atoms with Crippen molar-refractivity contribution >= 4 is 17.9 Å². The van der Waals surface area contributed by atoms with E-state index in [1.807, 2.05) is 6.08 Å². The van der Waals surface area contributed by atoms with Crippen molar-refractivity contribution in [3.8, 4) is 0 Å². The highest BCUT2D eigenvalue weighted by molar-refractivity contribution is 5.72. The first-order valence-corrected chi connectivity index (χ1v) is 29.5. The quantitative estimate of drug-likeness (QED) is 0.0261. The van der Waals surface area contributed by atoms with Crippen molar-refractivity contribution in [3.05, 3.63) is 158 Å². The van der Waals surface area contributed by atoms with Crippen molar-refractivity contribution in [1.82, 2.24) is 0 Å². The van der Waals surface area contributed by atoms with Crippen molar-refractivity contribution in [2.75, 3.05) is 13.2 Å². The van der Waals surface area contributed by atoms with Gasteiger partial charge in [0.25, 0.3) is 0 Å². The van der Waals surface area contributed by atoms with Crippen molar-refractivity contribution in [1.29, 1.82) is 0 Å². The van der Waals surface area contributed by atoms with Crippen molar-refractivity contribution in [2.45, 2.75) is 239 Å². The van der Waals surface area contributed by atoms with Crippen LogP contribution in [-0.4, -0.2) is 37.2 Å². The van der Waals surface area contributed by atoms with Gasteiger partial charge in [-0.15, -0.1) is 0 Å². The van der Waals surface area contributed by atoms with E-state index in [-0.39, 0.29) is 31.6 Å². The lowest BCUT2D eigenvalue weighted by atomic mass is 10.1. The molecule has 0 radical (unpaired) electrons. The Kier molecular flexibility index (Phi) is 56.5. The lowest BCUT2D eigenvalue weighted by Crippen LogP contribution is -2.30. The van der Waals surface area contributed by atoms with Crippen molar-refractivity contribution < 1.29 is 28.6 Å². The summed E-state index contributed by atoms with van der Waals surface area (Å²) in [7, 11) is 0. The molecule has 1 unspecified atom stereocenters. The second-order valence-electron chi connectivity index (χ2n) is 18.8. The van der Waals surface area contributed by atoms with Crippen LogP contribution >= 0.6 is 0 Å². The highest BCUT2D eigenvalue weighted by atomic mass is 16.6. The third-order valence-corrected chi connectivity index (χ3v) is 11.8. The molecule has 0 rings (SSSR count). The Morgan fingerprint density at radius 1 is 0.297 bits per heavy atom. The fourth-order valence-corrected chi connectivity index (χ4v) is 7.43. The Morgan fingerprint density at radius 3 is 0.905 bits per heavy atom. The number of carbonyl (C=O) groups excluding carboxylic acids is 3. The molecule has 74 heavy (non-hydrogen) atoms. The van der Waals surface area contributed by atoms with Crippen LogP contribution in [0.1, 0.15) is 233 Å². The van der Waals surface area contributed by atoms with E-state index < -0.39 is 12.1 Å². The summed E-state index contributed by atoms with van der Waals surface area (Å²) in [6.45, 7) is 6.28. The predicted octanol–water partition coefficient (Wildman–Crippen LogP) is 20.1. The molecule has 0 aliphatic rings. The second-order valence-corrected chi connectivity index (χ2v) is 18.8. The first-order chi connectivity index (χ1) is 36.5. The van der Waals surface area contributed by atoms with Crippen LogP contribution in [0.15, 0.2) is 158 Å². The third kappa shape index (κ3) is 57.9. The van der Waals surface area contributed by atoms with E-state index in [9.17, 15) is 14.4 Å². The van der Waals surface area contributed by atoms with Crippen LogP contribution < -0.4 is 0 Å². The van der Waals surface area contributed by atoms with E-state index in [1.165, 1.54) is 44.9 Å². The number of esters is 3. The van der Waals surface area contributed by atoms with Gasteiger partial charge in [0.2, 0.25) is 0 Å². The zero-order valence-electron chi connectivity index (χ0n) is 47.3. The number of carbonyl (C=O) groups is 3. The molecule has 0 aromatic heterocycles. The number of ether oxygens (including phenoxy) is 3. The molecule has 0 heterocycles. The number of hydrogen-bond acceptors (Lipinski definition) is 6. The molecule has 0 aliphatic heterocycles. The molecule has 6 nitrogen and oxygen atoms in total. The summed E-state index contributed by atoms with van der Waals surface area (Å²) >= 11 is 0. The Bertz CT molecular complexity index is 1690. The lowest BCUT2D eigenvalue weighted by Gasteiger charge is -2.18. The molecular weight excluding hydrogens is 913 g/mol. The maximum absolute atomic E-state index is 12.8. The van der Waals surface area contributed by atoms with Gasteiger partial charge in [-0.2, -0.15) is 0 Å². The van der Waals surface area contributed by atoms with Gasteiger partial charge in [0.1, 0.15) is 13.2 Å². The Balaban J connectivity index is 4.49. The number of unbranched alkanes of at least 4 members (excludes halogenated alkanes) is 15. The summed E-state index contributed by atoms with van der Waals surface area (Å²) in [5, 5.41) is 0. The Labute approximate surface area is 454 Å². The molecule has 0 bridgehead atoms. The third-order valence-electron chi connectivity index (χ3n) is 11.8. The molecule has 0 aromatic carbocycles. The molecule has 0 fully saturated rings. The van der Waals surface area contributed by atoms with E-state index in [0.29, 0.717) is 19.3 Å². The average Bonchev–Trinajstić information content (AvgIpc) is 3.40. The van der Waals surface area contributed by atoms with Crippen LogP contribution in [0.4, 0.5) is 0 Å². The molecule has 0 saturated heterocycles. The number of hydrogen-bond donors (Lipinski definition) is 0. The van der Waals surface area contributed by atoms with Crippen LogP contribution in [0.5, 0.6) is 0 Å². The van der Waals surface area contributed by atoms with E-state index in [2.05, 4.69) is 167 Å². The topological polar surface area (TPSA) is 78.9 Å². The highest BCUT2D eigenvalue weighted by Gasteiger charge is 2.19. The first kappa shape index (κ1) is 69.0. The van der Waals surface area contributed by atoms with Crippen molar-refractivity contribution in [2.24, 2.45) is 0 Å². The molecule has 414 valence electrons. The molecule has 0 saturated carbocycles. The number of rotatable bonds is 51. The average molecular weight is 1020 g/mol. The molecule has 0 aliphatic carbocycles. The maximum Gasteiger partial charge on any atom is 0.310 e. The largest absolute Gasteiger partial charge is 0.462 e. The van der Waals surface area contributed by atoms with E-state index in [0.717, 1.165) is 141 Å². The second kappa shape index (κ2) is 60.6. The maximum atomic E-state index is 12.8. The summed E-state index contributed by atoms with van der Waals surface area (Å²) in [5.41, 5.74) is 0. The van der Waals surface area contributed by atoms with Gasteiger partial charge in [0.15, 0.2) is 6.10 Å². The van der Waals surface area contributed by atoms with Crippen LogP contribution in [0.3, 0.4) is 0 Å².